The first-order chi connectivity index (χ1) is 33.5. The smallest absolute Gasteiger partial charge is 0.343 e. The van der Waals surface area contributed by atoms with Crippen LogP contribution >= 0.6 is 0 Å². The molecule has 0 unspecified atom stereocenters. The van der Waals surface area contributed by atoms with Crippen LogP contribution in [-0.4, -0.2) is 171 Å². The SMILES string of the molecule is COc1cc(/C=C/C(=O)O[C@H]2[C@H](O[C@@H]3OC=C(C(=O)O)[C@H]4C[C@@H](OC(=O)c5cccc(OC(=O)c6cccc(O[C@@H]7O[C@H](CO)[C@@H](O)[C@H](O)[C@H]7O)c6)c5)[C@H](C)[C@@H]34)O[C@H](CO)[C@@H](O)[C@@H]2O)cc(OC)c1O. The Kier molecular flexibility index (Phi) is 16.3. The number of aliphatic carboxylic acids is 1. The van der Waals surface area contributed by atoms with Gasteiger partial charge in [0.05, 0.1) is 50.4 Å². The molecule has 3 aromatic rings. The van der Waals surface area contributed by atoms with E-state index in [1.165, 1.54) is 81.0 Å². The lowest BCUT2D eigenvalue weighted by molar-refractivity contribution is -0.343. The number of benzene rings is 3. The van der Waals surface area contributed by atoms with Crippen LogP contribution < -0.4 is 18.9 Å². The van der Waals surface area contributed by atoms with Crippen LogP contribution in [0.5, 0.6) is 28.7 Å². The number of aromatic hydroxyl groups is 1. The second kappa shape index (κ2) is 22.1. The van der Waals surface area contributed by atoms with Gasteiger partial charge in [-0.05, 0) is 66.6 Å². The molecule has 4 aliphatic rings. The summed E-state index contributed by atoms with van der Waals surface area (Å²) in [6, 6.07) is 13.8. The van der Waals surface area contributed by atoms with E-state index in [0.29, 0.717) is 5.56 Å². The van der Waals surface area contributed by atoms with E-state index >= 15 is 0 Å². The molecule has 23 heteroatoms. The molecule has 0 radical (unpaired) electrons. The number of methoxy groups -OCH3 is 2. The van der Waals surface area contributed by atoms with Crippen molar-refractivity contribution in [2.75, 3.05) is 27.4 Å². The Morgan fingerprint density at radius 3 is 1.96 bits per heavy atom. The number of carbonyl (C=O) groups excluding carboxylic acids is 3. The van der Waals surface area contributed by atoms with Gasteiger partial charge in [0, 0.05) is 23.8 Å². The molecule has 3 heterocycles. The Labute approximate surface area is 398 Å². The first-order valence-electron chi connectivity index (χ1n) is 21.8. The first kappa shape index (κ1) is 51.5. The average Bonchev–Trinajstić information content (AvgIpc) is 3.68. The molecule has 0 bridgehead atoms. The van der Waals surface area contributed by atoms with Crippen molar-refractivity contribution in [1.82, 2.24) is 0 Å². The number of esters is 3. The van der Waals surface area contributed by atoms with Gasteiger partial charge in [-0.2, -0.15) is 0 Å². The molecule has 0 amide bonds. The lowest BCUT2D eigenvalue weighted by Gasteiger charge is -2.44. The van der Waals surface area contributed by atoms with Gasteiger partial charge in [-0.25, -0.2) is 19.2 Å². The Hall–Kier alpha value is -6.38. The predicted octanol–water partition coefficient (Wildman–Crippen LogP) is 0.0105. The van der Waals surface area contributed by atoms with Crippen LogP contribution in [0.4, 0.5) is 0 Å². The van der Waals surface area contributed by atoms with Crippen molar-refractivity contribution in [3.05, 3.63) is 95.3 Å². The average molecular weight is 985 g/mol. The topological polar surface area (TPSA) is 343 Å². The molecule has 0 spiro atoms. The molecule has 378 valence electrons. The number of aliphatic hydroxyl groups is 7. The molecule has 3 aliphatic heterocycles. The summed E-state index contributed by atoms with van der Waals surface area (Å²) in [6.07, 6.45) is -15.4. The first-order valence-corrected chi connectivity index (χ1v) is 21.8. The number of hydrogen-bond donors (Lipinski definition) is 9. The van der Waals surface area contributed by atoms with Gasteiger partial charge in [0.15, 0.2) is 17.6 Å². The molecule has 70 heavy (non-hydrogen) atoms. The van der Waals surface area contributed by atoms with Crippen LogP contribution in [0.25, 0.3) is 6.08 Å². The van der Waals surface area contributed by atoms with Crippen LogP contribution in [0.2, 0.25) is 0 Å². The Balaban J connectivity index is 1.03. The molecule has 7 rings (SSSR count). The van der Waals surface area contributed by atoms with Gasteiger partial charge in [0.1, 0.15) is 60.3 Å². The lowest BCUT2D eigenvalue weighted by Crippen LogP contribution is -2.61. The highest BCUT2D eigenvalue weighted by Crippen LogP contribution is 2.49. The third kappa shape index (κ3) is 11.0. The van der Waals surface area contributed by atoms with Gasteiger partial charge in [-0.3, -0.25) is 0 Å². The minimum atomic E-state index is -1.87. The number of phenols is 1. The quantitative estimate of drug-likeness (QED) is 0.0518. The molecule has 3 fully saturated rings. The van der Waals surface area contributed by atoms with Crippen molar-refractivity contribution >= 4 is 30.0 Å². The minimum absolute atomic E-state index is 0.000944. The van der Waals surface area contributed by atoms with E-state index < -0.39 is 129 Å². The summed E-state index contributed by atoms with van der Waals surface area (Å²) in [6.45, 7) is 0.185. The highest BCUT2D eigenvalue weighted by Gasteiger charge is 2.55. The van der Waals surface area contributed by atoms with Crippen molar-refractivity contribution in [2.24, 2.45) is 17.8 Å². The number of hydrogen-bond acceptors (Lipinski definition) is 22. The highest BCUT2D eigenvalue weighted by molar-refractivity contribution is 5.93. The number of phenolic OH excluding ortho intramolecular Hbond substituents is 1. The molecule has 1 aliphatic carbocycles. The fraction of sp³-hybridized carbons (Fsp3) is 0.447. The largest absolute Gasteiger partial charge is 0.502 e. The number of carboxylic acid groups (broad SMARTS) is 1. The van der Waals surface area contributed by atoms with Crippen LogP contribution in [0.15, 0.2) is 78.6 Å². The number of ether oxygens (including phenoxy) is 10. The summed E-state index contributed by atoms with van der Waals surface area (Å²) in [5.74, 6) is -6.84. The van der Waals surface area contributed by atoms with Crippen molar-refractivity contribution < 1.29 is 113 Å². The zero-order chi connectivity index (χ0) is 50.6. The lowest BCUT2D eigenvalue weighted by atomic mass is 9.83. The van der Waals surface area contributed by atoms with Gasteiger partial charge in [0.2, 0.25) is 24.6 Å². The summed E-state index contributed by atoms with van der Waals surface area (Å²) in [4.78, 5) is 52.6. The molecule has 0 aromatic heterocycles. The maximum Gasteiger partial charge on any atom is 0.343 e. The molecule has 9 N–H and O–H groups in total. The van der Waals surface area contributed by atoms with E-state index in [-0.39, 0.29) is 51.9 Å². The second-order valence-corrected chi connectivity index (χ2v) is 16.7. The van der Waals surface area contributed by atoms with Gasteiger partial charge < -0.3 is 93.3 Å². The summed E-state index contributed by atoms with van der Waals surface area (Å²) in [5, 5.41) is 92.2. The number of carbonyl (C=O) groups is 4. The molecule has 2 saturated heterocycles. The van der Waals surface area contributed by atoms with Crippen LogP contribution in [0, 0.1) is 17.8 Å². The molecular weight excluding hydrogens is 932 g/mol. The van der Waals surface area contributed by atoms with Crippen molar-refractivity contribution in [2.45, 2.75) is 87.2 Å². The number of carboxylic acids is 1. The Morgan fingerprint density at radius 2 is 1.33 bits per heavy atom. The molecule has 23 nitrogen and oxygen atoms in total. The third-order valence-corrected chi connectivity index (χ3v) is 12.4. The summed E-state index contributed by atoms with van der Waals surface area (Å²) in [5.41, 5.74) is 0.0805. The predicted molar refractivity (Wildman–Crippen MR) is 232 cm³/mol. The molecule has 1 saturated carbocycles. The fourth-order valence-corrected chi connectivity index (χ4v) is 8.64. The van der Waals surface area contributed by atoms with Crippen LogP contribution in [0.3, 0.4) is 0 Å². The Morgan fingerprint density at radius 1 is 0.729 bits per heavy atom. The minimum Gasteiger partial charge on any atom is -0.502 e. The highest BCUT2D eigenvalue weighted by atomic mass is 16.8. The molecule has 15 atom stereocenters. The van der Waals surface area contributed by atoms with E-state index in [9.17, 15) is 65.1 Å². The van der Waals surface area contributed by atoms with E-state index in [2.05, 4.69) is 0 Å². The van der Waals surface area contributed by atoms with E-state index in [1.54, 1.807) is 6.92 Å². The Bertz CT molecular complexity index is 2410. The van der Waals surface area contributed by atoms with E-state index in [1.807, 2.05) is 0 Å². The van der Waals surface area contributed by atoms with Crippen molar-refractivity contribution in [3.8, 4) is 28.7 Å². The van der Waals surface area contributed by atoms with Gasteiger partial charge in [0.25, 0.3) is 0 Å². The molecular formula is C47H52O23. The molecule has 3 aromatic carbocycles. The van der Waals surface area contributed by atoms with Gasteiger partial charge in [-0.15, -0.1) is 0 Å². The van der Waals surface area contributed by atoms with E-state index in [4.69, 9.17) is 47.4 Å². The maximum absolute atomic E-state index is 13.7. The normalized spacial score (nSPS) is 31.6. The summed E-state index contributed by atoms with van der Waals surface area (Å²) < 4.78 is 56.0. The van der Waals surface area contributed by atoms with E-state index in [0.717, 1.165) is 12.3 Å². The second-order valence-electron chi connectivity index (χ2n) is 16.7. The van der Waals surface area contributed by atoms with Crippen LogP contribution in [-0.2, 0) is 38.0 Å². The standard InChI is InChI=1S/C47H52O23/c1-20-28(66-44(60)23-7-4-8-24(14-23)64-43(59)22-6-5-9-25(15-22)65-46-40(56)38(54)36(52)31(17-48)67-46)16-26-27(42(57)58)19-63-45(34(20)26)70-47-41(39(55)37(53)32(18-49)68-47)69-33(50)11-10-21-12-29(61-2)35(51)30(13-21)62-3/h4-15,19-20,26,28,31-32,34,36-41,45-49,51-56H,16-18H2,1-3H3,(H,57,58)/b11-10+/t20-,26+,28+,31+,32+,34+,36+,37+,38-,39-,40+,41+,45-,46+,47-/m0/s1. The maximum atomic E-state index is 13.7. The number of fused-ring (bicyclic) bond motifs is 1. The third-order valence-electron chi connectivity index (χ3n) is 12.4. The monoisotopic (exact) mass is 984 g/mol. The number of rotatable bonds is 16. The van der Waals surface area contributed by atoms with Gasteiger partial charge in [-0.1, -0.05) is 19.1 Å². The summed E-state index contributed by atoms with van der Waals surface area (Å²) >= 11 is 0. The van der Waals surface area contributed by atoms with Crippen molar-refractivity contribution in [3.63, 3.8) is 0 Å². The fourth-order valence-electron chi connectivity index (χ4n) is 8.64. The zero-order valence-corrected chi connectivity index (χ0v) is 37.5. The van der Waals surface area contributed by atoms with Crippen LogP contribution in [0.1, 0.15) is 39.6 Å². The van der Waals surface area contributed by atoms with Crippen molar-refractivity contribution in [1.29, 1.82) is 0 Å². The zero-order valence-electron chi connectivity index (χ0n) is 37.5. The number of aliphatic hydroxyl groups excluding tert-OH is 7. The van der Waals surface area contributed by atoms with Gasteiger partial charge >= 0.3 is 23.9 Å². The summed E-state index contributed by atoms with van der Waals surface area (Å²) in [7, 11) is 2.63.